The predicted octanol–water partition coefficient (Wildman–Crippen LogP) is 3.00. The van der Waals surface area contributed by atoms with Crippen molar-refractivity contribution in [3.05, 3.63) is 49.7 Å². The molecule has 2 N–H and O–H groups in total. The molecule has 2 aromatic rings. The lowest BCUT2D eigenvalue weighted by Gasteiger charge is -2.13. The highest BCUT2D eigenvalue weighted by molar-refractivity contribution is 6.40. The van der Waals surface area contributed by atoms with Crippen LogP contribution in [0.3, 0.4) is 0 Å². The maximum Gasteiger partial charge on any atom is 0.306 e. The van der Waals surface area contributed by atoms with E-state index >= 15 is 0 Å². The molecule has 0 fully saturated rings. The van der Waals surface area contributed by atoms with Gasteiger partial charge in [-0.05, 0) is 12.1 Å². The Hall–Kier alpha value is -2.23. The van der Waals surface area contributed by atoms with Crippen LogP contribution in [0.4, 0.5) is 5.69 Å². The number of benzene rings is 1. The minimum Gasteiger partial charge on any atom is -0.489 e. The maximum absolute atomic E-state index is 10.6. The largest absolute Gasteiger partial charge is 0.489 e. The Bertz CT molecular complexity index is 804. The molecule has 0 aliphatic carbocycles. The summed E-state index contributed by atoms with van der Waals surface area (Å²) in [6, 6.07) is 3.11. The van der Waals surface area contributed by atoms with E-state index in [0.29, 0.717) is 53.0 Å². The molecule has 1 aromatic carbocycles. The topological polar surface area (TPSA) is 107 Å². The van der Waals surface area contributed by atoms with Gasteiger partial charge in [-0.3, -0.25) is 19.8 Å². The monoisotopic (exact) mass is 434 g/mol. The molecule has 0 aliphatic rings. The molecule has 0 aliphatic heterocycles. The molecular formula is C15H17Cl3N6O3. The van der Waals surface area contributed by atoms with E-state index in [1.165, 1.54) is 17.1 Å². The summed E-state index contributed by atoms with van der Waals surface area (Å²) in [6.45, 7) is 1.67. The molecule has 9 nitrogen and oxygen atoms in total. The van der Waals surface area contributed by atoms with E-state index in [9.17, 15) is 10.1 Å². The number of nitrogens with zero attached hydrogens (tertiary/aromatic N) is 4. The third-order valence-electron chi connectivity index (χ3n) is 3.29. The molecule has 0 bridgehead atoms. The Morgan fingerprint density at radius 2 is 1.96 bits per heavy atom. The normalized spacial score (nSPS) is 11.3. The zero-order chi connectivity index (χ0) is 19.8. The Labute approximate surface area is 170 Å². The summed E-state index contributed by atoms with van der Waals surface area (Å²) in [5.41, 5.74) is -0.0471. The van der Waals surface area contributed by atoms with E-state index < -0.39 is 4.92 Å². The number of aliphatic imine (C=N–C) groups is 1. The number of rotatable bonds is 8. The van der Waals surface area contributed by atoms with Crippen molar-refractivity contribution in [3.63, 3.8) is 0 Å². The van der Waals surface area contributed by atoms with Crippen molar-refractivity contribution < 1.29 is 9.66 Å². The molecule has 0 spiro atoms. The highest BCUT2D eigenvalue weighted by atomic mass is 35.5. The Balaban J connectivity index is 1.72. The van der Waals surface area contributed by atoms with E-state index in [4.69, 9.17) is 39.5 Å². The summed E-state index contributed by atoms with van der Waals surface area (Å²) >= 11 is 18.0. The molecule has 12 heteroatoms. The van der Waals surface area contributed by atoms with Gasteiger partial charge in [-0.25, -0.2) is 0 Å². The smallest absolute Gasteiger partial charge is 0.306 e. The van der Waals surface area contributed by atoms with Gasteiger partial charge in [-0.15, -0.1) is 0 Å². The van der Waals surface area contributed by atoms with Gasteiger partial charge in [-0.2, -0.15) is 5.10 Å². The van der Waals surface area contributed by atoms with Crippen molar-refractivity contribution in [2.45, 2.75) is 6.54 Å². The van der Waals surface area contributed by atoms with E-state index in [1.807, 2.05) is 0 Å². The molecule has 1 heterocycles. The zero-order valence-corrected chi connectivity index (χ0v) is 16.6. The number of nitrogens with one attached hydrogen (secondary N) is 2. The van der Waals surface area contributed by atoms with Crippen LogP contribution in [0.2, 0.25) is 15.1 Å². The molecule has 2 rings (SSSR count). The SMILES string of the molecule is CN=C(NCCOc1c(Cl)cc(Cl)cc1Cl)NCCn1cc([N+](=O)[O-])cn1. The van der Waals surface area contributed by atoms with Crippen molar-refractivity contribution >= 4 is 46.4 Å². The van der Waals surface area contributed by atoms with Crippen LogP contribution < -0.4 is 15.4 Å². The second-order valence-corrected chi connectivity index (χ2v) is 6.44. The average Bonchev–Trinajstić information content (AvgIpc) is 3.07. The molecule has 0 radical (unpaired) electrons. The molecule has 0 unspecified atom stereocenters. The molecule has 0 amide bonds. The Morgan fingerprint density at radius 1 is 1.30 bits per heavy atom. The van der Waals surface area contributed by atoms with Gasteiger partial charge in [0.25, 0.3) is 0 Å². The second-order valence-electron chi connectivity index (χ2n) is 5.19. The summed E-state index contributed by atoms with van der Waals surface area (Å²) < 4.78 is 7.05. The Kier molecular flexibility index (Phi) is 7.96. The molecule has 0 saturated carbocycles. The van der Waals surface area contributed by atoms with Crippen LogP contribution >= 0.6 is 34.8 Å². The minimum atomic E-state index is -0.489. The average molecular weight is 436 g/mol. The Morgan fingerprint density at radius 3 is 2.56 bits per heavy atom. The fourth-order valence-corrected chi connectivity index (χ4v) is 2.99. The highest BCUT2D eigenvalue weighted by Gasteiger charge is 2.10. The van der Waals surface area contributed by atoms with Crippen LogP contribution in [0.5, 0.6) is 5.75 Å². The van der Waals surface area contributed by atoms with Gasteiger partial charge < -0.3 is 15.4 Å². The van der Waals surface area contributed by atoms with E-state index in [1.54, 1.807) is 19.2 Å². The van der Waals surface area contributed by atoms with Crippen LogP contribution in [-0.4, -0.2) is 47.4 Å². The van der Waals surface area contributed by atoms with E-state index in [-0.39, 0.29) is 5.69 Å². The van der Waals surface area contributed by atoms with Gasteiger partial charge in [0.1, 0.15) is 19.0 Å². The second kappa shape index (κ2) is 10.2. The first-order valence-electron chi connectivity index (χ1n) is 7.79. The number of aromatic nitrogens is 2. The fraction of sp³-hybridized carbons (Fsp3) is 0.333. The van der Waals surface area contributed by atoms with Gasteiger partial charge in [0.05, 0.1) is 28.1 Å². The lowest BCUT2D eigenvalue weighted by atomic mass is 10.3. The number of hydrogen-bond donors (Lipinski definition) is 2. The summed E-state index contributed by atoms with van der Waals surface area (Å²) in [5.74, 6) is 0.918. The quantitative estimate of drug-likeness (QED) is 0.217. The van der Waals surface area contributed by atoms with Crippen LogP contribution in [0.15, 0.2) is 29.5 Å². The lowest BCUT2D eigenvalue weighted by Crippen LogP contribution is -2.40. The summed E-state index contributed by atoms with van der Waals surface area (Å²) in [7, 11) is 1.63. The van der Waals surface area contributed by atoms with Crippen LogP contribution in [0.25, 0.3) is 0 Å². The highest BCUT2D eigenvalue weighted by Crippen LogP contribution is 2.35. The first kappa shape index (κ1) is 21.1. The van der Waals surface area contributed by atoms with Crippen molar-refractivity contribution in [1.29, 1.82) is 0 Å². The third-order valence-corrected chi connectivity index (χ3v) is 4.07. The van der Waals surface area contributed by atoms with Crippen molar-refractivity contribution in [2.24, 2.45) is 4.99 Å². The van der Waals surface area contributed by atoms with Gasteiger partial charge in [0.15, 0.2) is 11.7 Å². The van der Waals surface area contributed by atoms with Gasteiger partial charge in [-0.1, -0.05) is 34.8 Å². The fourth-order valence-electron chi connectivity index (χ4n) is 2.07. The lowest BCUT2D eigenvalue weighted by molar-refractivity contribution is -0.385. The predicted molar refractivity (Wildman–Crippen MR) is 105 cm³/mol. The van der Waals surface area contributed by atoms with Gasteiger partial charge in [0.2, 0.25) is 0 Å². The summed E-state index contributed by atoms with van der Waals surface area (Å²) in [6.07, 6.45) is 2.57. The molecular weight excluding hydrogens is 419 g/mol. The molecule has 0 saturated heterocycles. The number of ether oxygens (including phenoxy) is 1. The number of halogens is 3. The number of guanidine groups is 1. The number of hydrogen-bond acceptors (Lipinski definition) is 5. The van der Waals surface area contributed by atoms with Crippen LogP contribution in [-0.2, 0) is 6.54 Å². The first-order chi connectivity index (χ1) is 12.9. The molecule has 0 atom stereocenters. The van der Waals surface area contributed by atoms with Crippen molar-refractivity contribution in [3.8, 4) is 5.75 Å². The third kappa shape index (κ3) is 6.46. The number of nitro groups is 1. The molecule has 146 valence electrons. The first-order valence-corrected chi connectivity index (χ1v) is 8.92. The van der Waals surface area contributed by atoms with E-state index in [0.717, 1.165) is 0 Å². The van der Waals surface area contributed by atoms with Crippen molar-refractivity contribution in [2.75, 3.05) is 26.7 Å². The van der Waals surface area contributed by atoms with Crippen LogP contribution in [0, 0.1) is 10.1 Å². The minimum absolute atomic E-state index is 0.0471. The summed E-state index contributed by atoms with van der Waals surface area (Å²) in [5, 5.41) is 21.8. The van der Waals surface area contributed by atoms with E-state index in [2.05, 4.69) is 20.7 Å². The molecule has 27 heavy (non-hydrogen) atoms. The van der Waals surface area contributed by atoms with Gasteiger partial charge in [0, 0.05) is 18.6 Å². The van der Waals surface area contributed by atoms with Crippen LogP contribution in [0.1, 0.15) is 0 Å². The summed E-state index contributed by atoms with van der Waals surface area (Å²) in [4.78, 5) is 14.2. The standard InChI is InChI=1S/C15H17Cl3N6O3/c1-19-15(20-2-4-23-9-11(8-22-23)24(25)26)21-3-5-27-14-12(17)6-10(16)7-13(14)18/h6-9H,2-5H2,1H3,(H2,19,20,21). The zero-order valence-electron chi connectivity index (χ0n) is 14.3. The maximum atomic E-state index is 10.6. The molecule has 1 aromatic heterocycles. The van der Waals surface area contributed by atoms with Crippen molar-refractivity contribution in [1.82, 2.24) is 20.4 Å². The van der Waals surface area contributed by atoms with Gasteiger partial charge >= 0.3 is 5.69 Å².